The SMILES string of the molecule is COP(=O)(CC(=O)CCCCCCCCCCCCCCCO)OC. The van der Waals surface area contributed by atoms with Crippen LogP contribution in [0, 0.1) is 0 Å². The summed E-state index contributed by atoms with van der Waals surface area (Å²) in [6.45, 7) is 0.329. The highest BCUT2D eigenvalue weighted by Gasteiger charge is 2.24. The van der Waals surface area contributed by atoms with Gasteiger partial charge in [-0.1, -0.05) is 70.6 Å². The van der Waals surface area contributed by atoms with E-state index in [2.05, 4.69) is 0 Å². The highest BCUT2D eigenvalue weighted by atomic mass is 31.2. The average Bonchev–Trinajstić information content (AvgIpc) is 2.61. The molecule has 0 heterocycles. The molecule has 1 N–H and O–H groups in total. The van der Waals surface area contributed by atoms with Crippen molar-refractivity contribution in [1.82, 2.24) is 0 Å². The molecule has 5 nitrogen and oxygen atoms in total. The fraction of sp³-hybridized carbons (Fsp3) is 0.947. The minimum atomic E-state index is -3.19. The van der Waals surface area contributed by atoms with Crippen molar-refractivity contribution in [2.45, 2.75) is 89.9 Å². The third-order valence-corrected chi connectivity index (χ3v) is 6.39. The molecule has 0 aliphatic heterocycles. The van der Waals surface area contributed by atoms with Crippen molar-refractivity contribution in [3.05, 3.63) is 0 Å². The first-order chi connectivity index (χ1) is 12.1. The van der Waals surface area contributed by atoms with Crippen molar-refractivity contribution in [2.24, 2.45) is 0 Å². The van der Waals surface area contributed by atoms with Gasteiger partial charge in [-0.05, 0) is 12.8 Å². The Kier molecular flexibility index (Phi) is 17.1. The van der Waals surface area contributed by atoms with Gasteiger partial charge in [0.05, 0.1) is 0 Å². The third-order valence-electron chi connectivity index (χ3n) is 4.54. The summed E-state index contributed by atoms with van der Waals surface area (Å²) in [6.07, 6.45) is 15.9. The van der Waals surface area contributed by atoms with Crippen LogP contribution in [0.25, 0.3) is 0 Å². The number of carbonyl (C=O) groups is 1. The smallest absolute Gasteiger partial charge is 0.337 e. The maximum atomic E-state index is 11.8. The molecule has 0 aromatic carbocycles. The maximum absolute atomic E-state index is 11.8. The first-order valence-corrected chi connectivity index (χ1v) is 11.6. The van der Waals surface area contributed by atoms with Crippen LogP contribution in [0.1, 0.15) is 89.9 Å². The van der Waals surface area contributed by atoms with E-state index in [0.29, 0.717) is 13.0 Å². The van der Waals surface area contributed by atoms with E-state index < -0.39 is 7.60 Å². The third kappa shape index (κ3) is 15.7. The van der Waals surface area contributed by atoms with Gasteiger partial charge in [0, 0.05) is 27.2 Å². The summed E-state index contributed by atoms with van der Waals surface area (Å²) in [5.41, 5.74) is 0. The fourth-order valence-electron chi connectivity index (χ4n) is 2.88. The molecule has 0 spiro atoms. The predicted molar refractivity (Wildman–Crippen MR) is 103 cm³/mol. The van der Waals surface area contributed by atoms with Gasteiger partial charge >= 0.3 is 7.60 Å². The lowest BCUT2D eigenvalue weighted by atomic mass is 10.0. The zero-order chi connectivity index (χ0) is 18.8. The van der Waals surface area contributed by atoms with Crippen molar-refractivity contribution in [2.75, 3.05) is 27.0 Å². The fourth-order valence-corrected chi connectivity index (χ4v) is 3.87. The molecule has 6 heteroatoms. The molecule has 25 heavy (non-hydrogen) atoms. The number of aliphatic hydroxyl groups excluding tert-OH is 1. The highest BCUT2D eigenvalue weighted by molar-refractivity contribution is 7.54. The Labute approximate surface area is 154 Å². The quantitative estimate of drug-likeness (QED) is 0.237. The van der Waals surface area contributed by atoms with Crippen LogP contribution in [-0.4, -0.2) is 37.9 Å². The van der Waals surface area contributed by atoms with Crippen molar-refractivity contribution < 1.29 is 23.5 Å². The number of ketones is 1. The van der Waals surface area contributed by atoms with E-state index in [-0.39, 0.29) is 11.9 Å². The van der Waals surface area contributed by atoms with E-state index in [1.54, 1.807) is 0 Å². The first kappa shape index (κ1) is 24.8. The molecular weight excluding hydrogens is 339 g/mol. The molecule has 0 saturated carbocycles. The molecule has 0 aromatic rings. The van der Waals surface area contributed by atoms with E-state index in [1.165, 1.54) is 72.0 Å². The average molecular weight is 378 g/mol. The molecule has 150 valence electrons. The number of carbonyl (C=O) groups excluding carboxylic acids is 1. The van der Waals surface area contributed by atoms with Gasteiger partial charge in [-0.3, -0.25) is 9.36 Å². The Morgan fingerprint density at radius 1 is 0.720 bits per heavy atom. The Morgan fingerprint density at radius 3 is 1.44 bits per heavy atom. The summed E-state index contributed by atoms with van der Waals surface area (Å²) in [6, 6.07) is 0. The van der Waals surface area contributed by atoms with E-state index in [0.717, 1.165) is 25.7 Å². The maximum Gasteiger partial charge on any atom is 0.337 e. The Balaban J connectivity index is 3.31. The van der Waals surface area contributed by atoms with Crippen molar-refractivity contribution in [3.63, 3.8) is 0 Å². The number of rotatable bonds is 19. The molecule has 0 rings (SSSR count). The summed E-state index contributed by atoms with van der Waals surface area (Å²) in [5, 5.41) is 8.70. The van der Waals surface area contributed by atoms with Gasteiger partial charge < -0.3 is 14.2 Å². The van der Waals surface area contributed by atoms with E-state index in [9.17, 15) is 9.36 Å². The number of aliphatic hydroxyl groups is 1. The predicted octanol–water partition coefficient (Wildman–Crippen LogP) is 5.50. The van der Waals surface area contributed by atoms with E-state index in [1.807, 2.05) is 0 Å². The van der Waals surface area contributed by atoms with Crippen LogP contribution in [0.3, 0.4) is 0 Å². The number of unbranched alkanes of at least 4 members (excludes halogenated alkanes) is 12. The van der Waals surface area contributed by atoms with E-state index in [4.69, 9.17) is 14.2 Å². The lowest BCUT2D eigenvalue weighted by Gasteiger charge is -2.12. The van der Waals surface area contributed by atoms with Crippen LogP contribution in [-0.2, 0) is 18.4 Å². The van der Waals surface area contributed by atoms with Crippen LogP contribution in [0.2, 0.25) is 0 Å². The minimum absolute atomic E-state index is 0.0361. The molecule has 0 saturated heterocycles. The van der Waals surface area contributed by atoms with Gasteiger partial charge in [-0.2, -0.15) is 0 Å². The summed E-state index contributed by atoms with van der Waals surface area (Å²) in [7, 11) is -0.557. The van der Waals surface area contributed by atoms with E-state index >= 15 is 0 Å². The Hall–Kier alpha value is -0.220. The lowest BCUT2D eigenvalue weighted by molar-refractivity contribution is -0.117. The van der Waals surface area contributed by atoms with Gasteiger partial charge in [-0.15, -0.1) is 0 Å². The molecule has 0 aliphatic carbocycles. The van der Waals surface area contributed by atoms with Crippen LogP contribution >= 0.6 is 7.60 Å². The summed E-state index contributed by atoms with van der Waals surface area (Å²) in [5.74, 6) is -0.0361. The van der Waals surface area contributed by atoms with Crippen LogP contribution in [0.4, 0.5) is 0 Å². The second kappa shape index (κ2) is 17.2. The summed E-state index contributed by atoms with van der Waals surface area (Å²) >= 11 is 0. The Bertz CT molecular complexity index is 352. The molecule has 0 aromatic heterocycles. The highest BCUT2D eigenvalue weighted by Crippen LogP contribution is 2.46. The first-order valence-electron chi connectivity index (χ1n) is 9.91. The molecule has 0 unspecified atom stereocenters. The van der Waals surface area contributed by atoms with Gasteiger partial charge in [0.15, 0.2) is 0 Å². The molecule has 0 bridgehead atoms. The molecular formula is C19H39O5P. The van der Waals surface area contributed by atoms with Crippen molar-refractivity contribution in [3.8, 4) is 0 Å². The van der Waals surface area contributed by atoms with Gasteiger partial charge in [0.1, 0.15) is 11.9 Å². The van der Waals surface area contributed by atoms with Gasteiger partial charge in [0.25, 0.3) is 0 Å². The molecule has 0 radical (unpaired) electrons. The second-order valence-electron chi connectivity index (χ2n) is 6.74. The van der Waals surface area contributed by atoms with Crippen molar-refractivity contribution >= 4 is 13.4 Å². The minimum Gasteiger partial charge on any atom is -0.396 e. The monoisotopic (exact) mass is 378 g/mol. The van der Waals surface area contributed by atoms with Gasteiger partial charge in [-0.25, -0.2) is 0 Å². The van der Waals surface area contributed by atoms with Gasteiger partial charge in [0.2, 0.25) is 0 Å². The molecule has 0 fully saturated rings. The zero-order valence-corrected chi connectivity index (χ0v) is 17.2. The summed E-state index contributed by atoms with van der Waals surface area (Å²) < 4.78 is 21.4. The van der Waals surface area contributed by atoms with Crippen LogP contribution in [0.5, 0.6) is 0 Å². The van der Waals surface area contributed by atoms with Crippen LogP contribution < -0.4 is 0 Å². The standard InChI is InChI=1S/C19H39O5P/c1-23-25(22,24-2)18-19(21)16-14-12-10-8-6-4-3-5-7-9-11-13-15-17-20/h20H,3-18H2,1-2H3. The topological polar surface area (TPSA) is 72.8 Å². The number of hydrogen-bond acceptors (Lipinski definition) is 5. The number of hydrogen-bond donors (Lipinski definition) is 1. The molecule has 0 aliphatic rings. The largest absolute Gasteiger partial charge is 0.396 e. The Morgan fingerprint density at radius 2 is 1.08 bits per heavy atom. The lowest BCUT2D eigenvalue weighted by Crippen LogP contribution is -2.07. The van der Waals surface area contributed by atoms with Crippen LogP contribution in [0.15, 0.2) is 0 Å². The summed E-state index contributed by atoms with van der Waals surface area (Å²) in [4.78, 5) is 11.8. The number of Topliss-reactive ketones (excluding diaryl/α,β-unsaturated/α-hetero) is 1. The molecule has 0 atom stereocenters. The molecule has 0 amide bonds. The van der Waals surface area contributed by atoms with Crippen molar-refractivity contribution in [1.29, 1.82) is 0 Å². The second-order valence-corrected chi connectivity index (χ2v) is 9.01. The zero-order valence-electron chi connectivity index (χ0n) is 16.3. The normalized spacial score (nSPS) is 11.8.